The van der Waals surface area contributed by atoms with Crippen LogP contribution < -0.4 is 0 Å². The SMILES string of the molecule is Cc1ccc2cc(-c3cnc([C@H](CCCCCC4(c5ncco5)OCCO4)N4CCOCC4)n3COCC[Si](C)(C)C)ccc2n1. The average Bonchev–Trinajstić information content (AvgIpc) is 3.83. The highest BCUT2D eigenvalue weighted by atomic mass is 28.3. The van der Waals surface area contributed by atoms with E-state index in [0.29, 0.717) is 25.8 Å². The molecule has 5 heterocycles. The molecule has 6 rings (SSSR count). The smallest absolute Gasteiger partial charge is 0.255 e. The second kappa shape index (κ2) is 14.9. The third kappa shape index (κ3) is 7.95. The molecule has 4 aromatic rings. The molecule has 0 N–H and O–H groups in total. The zero-order chi connectivity index (χ0) is 32.0. The quantitative estimate of drug-likeness (QED) is 0.101. The van der Waals surface area contributed by atoms with Crippen LogP contribution in [-0.4, -0.2) is 78.6 Å². The van der Waals surface area contributed by atoms with Crippen molar-refractivity contribution in [3.63, 3.8) is 0 Å². The molecule has 46 heavy (non-hydrogen) atoms. The van der Waals surface area contributed by atoms with E-state index in [0.717, 1.165) is 105 Å². The van der Waals surface area contributed by atoms with Gasteiger partial charge in [0.15, 0.2) is 0 Å². The summed E-state index contributed by atoms with van der Waals surface area (Å²) < 4.78 is 32.1. The van der Waals surface area contributed by atoms with Gasteiger partial charge in [0.05, 0.1) is 56.1 Å². The number of benzene rings is 1. The van der Waals surface area contributed by atoms with E-state index >= 15 is 0 Å². The van der Waals surface area contributed by atoms with Gasteiger partial charge in [-0.2, -0.15) is 0 Å². The first-order chi connectivity index (χ1) is 22.3. The van der Waals surface area contributed by atoms with E-state index in [4.69, 9.17) is 33.3 Å². The van der Waals surface area contributed by atoms with Crippen LogP contribution in [0.5, 0.6) is 0 Å². The molecule has 0 radical (unpaired) electrons. The maximum atomic E-state index is 6.40. The van der Waals surface area contributed by atoms with Crippen molar-refractivity contribution in [3.05, 3.63) is 66.4 Å². The lowest BCUT2D eigenvalue weighted by molar-refractivity contribution is -0.187. The van der Waals surface area contributed by atoms with E-state index in [-0.39, 0.29) is 6.04 Å². The molecule has 11 heteroatoms. The fourth-order valence-corrected chi connectivity index (χ4v) is 7.18. The topological polar surface area (TPSA) is 96.9 Å². The number of hydrogen-bond acceptors (Lipinski definition) is 9. The first kappa shape index (κ1) is 33.0. The number of nitrogens with zero attached hydrogens (tertiary/aromatic N) is 5. The maximum Gasteiger partial charge on any atom is 0.255 e. The number of aryl methyl sites for hydroxylation is 1. The van der Waals surface area contributed by atoms with Gasteiger partial charge in [-0.3, -0.25) is 9.88 Å². The van der Waals surface area contributed by atoms with Crippen molar-refractivity contribution in [1.29, 1.82) is 0 Å². The summed E-state index contributed by atoms with van der Waals surface area (Å²) in [6, 6.07) is 12.0. The summed E-state index contributed by atoms with van der Waals surface area (Å²) in [5, 5.41) is 1.12. The van der Waals surface area contributed by atoms with Crippen LogP contribution in [0.4, 0.5) is 0 Å². The molecular formula is C35H49N5O5Si. The second-order valence-corrected chi connectivity index (χ2v) is 19.3. The minimum Gasteiger partial charge on any atom is -0.444 e. The molecule has 0 bridgehead atoms. The van der Waals surface area contributed by atoms with Crippen molar-refractivity contribution in [2.45, 2.75) is 83.3 Å². The Morgan fingerprint density at radius 1 is 0.978 bits per heavy atom. The highest BCUT2D eigenvalue weighted by Crippen LogP contribution is 2.37. The third-order valence-corrected chi connectivity index (χ3v) is 10.7. The van der Waals surface area contributed by atoms with Gasteiger partial charge in [-0.15, -0.1) is 0 Å². The molecule has 0 saturated carbocycles. The van der Waals surface area contributed by atoms with E-state index in [2.05, 4.69) is 64.4 Å². The largest absolute Gasteiger partial charge is 0.444 e. The van der Waals surface area contributed by atoms with Crippen LogP contribution in [-0.2, 0) is 31.5 Å². The Morgan fingerprint density at radius 3 is 2.57 bits per heavy atom. The number of aromatic nitrogens is 4. The van der Waals surface area contributed by atoms with Crippen molar-refractivity contribution < 1.29 is 23.4 Å². The molecule has 2 saturated heterocycles. The molecule has 2 fully saturated rings. The summed E-state index contributed by atoms with van der Waals surface area (Å²) in [4.78, 5) is 16.7. The van der Waals surface area contributed by atoms with Crippen molar-refractivity contribution in [2.24, 2.45) is 0 Å². The molecular weight excluding hydrogens is 599 g/mol. The molecule has 3 aromatic heterocycles. The molecule has 2 aliphatic heterocycles. The summed E-state index contributed by atoms with van der Waals surface area (Å²) >= 11 is 0. The van der Waals surface area contributed by atoms with Crippen LogP contribution in [0.15, 0.2) is 53.4 Å². The number of morpholine rings is 1. The van der Waals surface area contributed by atoms with Crippen LogP contribution in [0, 0.1) is 6.92 Å². The lowest BCUT2D eigenvalue weighted by atomic mass is 10.0. The Bertz CT molecular complexity index is 1540. The molecule has 248 valence electrons. The molecule has 0 amide bonds. The summed E-state index contributed by atoms with van der Waals surface area (Å²) in [5.74, 6) is 0.713. The molecule has 0 unspecified atom stereocenters. The minimum absolute atomic E-state index is 0.155. The number of oxazole rings is 1. The van der Waals surface area contributed by atoms with E-state index in [1.165, 1.54) is 0 Å². The van der Waals surface area contributed by atoms with E-state index < -0.39 is 13.9 Å². The predicted octanol–water partition coefficient (Wildman–Crippen LogP) is 6.93. The van der Waals surface area contributed by atoms with Gasteiger partial charge in [-0.1, -0.05) is 44.6 Å². The first-order valence-corrected chi connectivity index (χ1v) is 20.5. The molecule has 0 aliphatic carbocycles. The zero-order valence-electron chi connectivity index (χ0n) is 27.9. The van der Waals surface area contributed by atoms with Crippen molar-refractivity contribution >= 4 is 19.0 Å². The second-order valence-electron chi connectivity index (χ2n) is 13.7. The highest BCUT2D eigenvalue weighted by Gasteiger charge is 2.42. The monoisotopic (exact) mass is 647 g/mol. The number of rotatable bonds is 15. The first-order valence-electron chi connectivity index (χ1n) is 16.8. The fraction of sp³-hybridized carbons (Fsp3) is 0.571. The van der Waals surface area contributed by atoms with Crippen LogP contribution in [0.25, 0.3) is 22.2 Å². The van der Waals surface area contributed by atoms with Gasteiger partial charge in [-0.25, -0.2) is 9.97 Å². The summed E-state index contributed by atoms with van der Waals surface area (Å²) in [7, 11) is -1.22. The van der Waals surface area contributed by atoms with Crippen LogP contribution in [0.1, 0.15) is 55.6 Å². The number of unbranched alkanes of at least 4 members (excludes halogenated alkanes) is 2. The van der Waals surface area contributed by atoms with Gasteiger partial charge >= 0.3 is 0 Å². The minimum atomic E-state index is -1.22. The van der Waals surface area contributed by atoms with Crippen molar-refractivity contribution in [3.8, 4) is 11.3 Å². The van der Waals surface area contributed by atoms with Crippen LogP contribution in [0.3, 0.4) is 0 Å². The predicted molar refractivity (Wildman–Crippen MR) is 180 cm³/mol. The average molecular weight is 648 g/mol. The molecule has 1 aromatic carbocycles. The maximum absolute atomic E-state index is 6.40. The third-order valence-electron chi connectivity index (χ3n) is 9.01. The summed E-state index contributed by atoms with van der Waals surface area (Å²) in [5.41, 5.74) is 4.23. The van der Waals surface area contributed by atoms with Gasteiger partial charge in [0.1, 0.15) is 18.8 Å². The molecule has 0 spiro atoms. The summed E-state index contributed by atoms with van der Waals surface area (Å²) in [6.45, 7) is 14.8. The molecule has 1 atom stereocenters. The zero-order valence-corrected chi connectivity index (χ0v) is 28.9. The van der Waals surface area contributed by atoms with E-state index in [1.807, 2.05) is 13.1 Å². The van der Waals surface area contributed by atoms with E-state index in [1.54, 1.807) is 12.5 Å². The number of ether oxygens (including phenoxy) is 4. The Kier molecular flexibility index (Phi) is 10.7. The Hall–Kier alpha value is -2.93. The fourth-order valence-electron chi connectivity index (χ4n) is 6.42. The molecule has 2 aliphatic rings. The van der Waals surface area contributed by atoms with E-state index in [9.17, 15) is 0 Å². The number of fused-ring (bicyclic) bond motifs is 1. The van der Waals surface area contributed by atoms with Gasteiger partial charge in [-0.05, 0) is 44.0 Å². The Labute approximate surface area is 273 Å². The number of pyridine rings is 1. The highest BCUT2D eigenvalue weighted by molar-refractivity contribution is 6.76. The Balaban J connectivity index is 1.22. The van der Waals surface area contributed by atoms with Gasteiger partial charge in [0, 0.05) is 50.8 Å². The van der Waals surface area contributed by atoms with Gasteiger partial charge < -0.3 is 27.9 Å². The number of imidazole rings is 1. The van der Waals surface area contributed by atoms with Crippen molar-refractivity contribution in [2.75, 3.05) is 46.1 Å². The van der Waals surface area contributed by atoms with Gasteiger partial charge in [0.2, 0.25) is 5.79 Å². The normalized spacial score (nSPS) is 18.0. The summed E-state index contributed by atoms with van der Waals surface area (Å²) in [6.07, 6.45) is 9.99. The number of hydrogen-bond donors (Lipinski definition) is 0. The van der Waals surface area contributed by atoms with Crippen LogP contribution in [0.2, 0.25) is 25.7 Å². The molecule has 10 nitrogen and oxygen atoms in total. The van der Waals surface area contributed by atoms with Crippen molar-refractivity contribution in [1.82, 2.24) is 24.4 Å². The lowest BCUT2D eigenvalue weighted by Gasteiger charge is -2.34. The van der Waals surface area contributed by atoms with Crippen LogP contribution >= 0.6 is 0 Å². The Morgan fingerprint density at radius 2 is 1.80 bits per heavy atom. The van der Waals surface area contributed by atoms with Gasteiger partial charge in [0.25, 0.3) is 5.89 Å². The standard InChI is InChI=1S/C35H49N5O5Si/c1-27-9-10-28-24-29(11-12-30(28)38-27)32-25-37-33(40(32)26-42-22-23-46(2,3)4)31(39-15-18-41-19-16-39)8-6-5-7-13-35(44-20-21-45-35)34-36-14-17-43-34/h9-12,14,17,24-25,31H,5-8,13,15-16,18-23,26H2,1-4H3/t31-/m0/s1. The lowest BCUT2D eigenvalue weighted by Crippen LogP contribution is -2.40.